The molecule has 0 aliphatic carbocycles. The van der Waals surface area contributed by atoms with Crippen molar-refractivity contribution in [2.45, 2.75) is 13.5 Å². The Morgan fingerprint density at radius 2 is 1.70 bits per heavy atom. The van der Waals surface area contributed by atoms with Crippen LogP contribution in [0.3, 0.4) is 0 Å². The highest BCUT2D eigenvalue weighted by molar-refractivity contribution is 6.03. The Labute approximate surface area is 155 Å². The maximum Gasteiger partial charge on any atom is 0.274 e. The molecule has 0 saturated carbocycles. The monoisotopic (exact) mass is 364 g/mol. The molecule has 0 fully saturated rings. The van der Waals surface area contributed by atoms with Crippen molar-refractivity contribution in [3.63, 3.8) is 0 Å². The van der Waals surface area contributed by atoms with E-state index < -0.39 is 5.91 Å². The molecule has 0 bridgehead atoms. The van der Waals surface area contributed by atoms with E-state index in [0.29, 0.717) is 23.6 Å². The van der Waals surface area contributed by atoms with E-state index in [1.165, 1.54) is 31.5 Å². The number of rotatable bonds is 6. The Morgan fingerprint density at radius 3 is 2.37 bits per heavy atom. The molecular formula is C20H17FN4O2. The average molecular weight is 364 g/mol. The Hall–Kier alpha value is -3.61. The quantitative estimate of drug-likeness (QED) is 0.652. The summed E-state index contributed by atoms with van der Waals surface area (Å²) in [5.74, 6) is -0.249. The highest BCUT2D eigenvalue weighted by atomic mass is 19.1. The summed E-state index contributed by atoms with van der Waals surface area (Å²) >= 11 is 0. The van der Waals surface area contributed by atoms with E-state index in [1.807, 2.05) is 0 Å². The molecule has 1 heterocycles. The lowest BCUT2D eigenvalue weighted by atomic mass is 10.1. The van der Waals surface area contributed by atoms with Crippen molar-refractivity contribution in [2.75, 3.05) is 10.6 Å². The van der Waals surface area contributed by atoms with Gasteiger partial charge in [0.05, 0.1) is 0 Å². The summed E-state index contributed by atoms with van der Waals surface area (Å²) < 4.78 is 12.9. The standard InChI is InChI=1S/C20H17FN4O2/c1-13(26)15-4-8-17(9-5-15)25-20(27)18-10-19(24-12-23-18)22-11-14-2-6-16(21)7-3-14/h2-10,12H,11H2,1H3,(H,25,27)(H,22,23,24). The minimum atomic E-state index is -0.391. The molecule has 6 nitrogen and oxygen atoms in total. The zero-order valence-electron chi connectivity index (χ0n) is 14.6. The molecule has 136 valence electrons. The molecule has 1 amide bonds. The number of Topliss-reactive ketones (excluding diaryl/α,β-unsaturated/α-hetero) is 1. The summed E-state index contributed by atoms with van der Waals surface area (Å²) in [6, 6.07) is 14.2. The van der Waals surface area contributed by atoms with Gasteiger partial charge in [-0.25, -0.2) is 14.4 Å². The van der Waals surface area contributed by atoms with Gasteiger partial charge >= 0.3 is 0 Å². The van der Waals surface area contributed by atoms with Crippen LogP contribution in [0.15, 0.2) is 60.9 Å². The zero-order valence-corrected chi connectivity index (χ0v) is 14.6. The number of nitrogens with one attached hydrogen (secondary N) is 2. The van der Waals surface area contributed by atoms with Crippen LogP contribution in [0.4, 0.5) is 15.9 Å². The lowest BCUT2D eigenvalue weighted by Crippen LogP contribution is -2.14. The number of carbonyl (C=O) groups is 2. The summed E-state index contributed by atoms with van der Waals surface area (Å²) in [4.78, 5) is 31.7. The number of benzene rings is 2. The number of carbonyl (C=O) groups excluding carboxylic acids is 2. The summed E-state index contributed by atoms with van der Waals surface area (Å²) in [6.07, 6.45) is 1.29. The number of halogens is 1. The fourth-order valence-electron chi connectivity index (χ4n) is 2.36. The van der Waals surface area contributed by atoms with E-state index in [0.717, 1.165) is 5.56 Å². The number of aromatic nitrogens is 2. The van der Waals surface area contributed by atoms with Gasteiger partial charge in [-0.15, -0.1) is 0 Å². The molecule has 0 aliphatic rings. The SMILES string of the molecule is CC(=O)c1ccc(NC(=O)c2cc(NCc3ccc(F)cc3)ncn2)cc1. The molecule has 3 aromatic rings. The molecule has 2 N–H and O–H groups in total. The zero-order chi connectivity index (χ0) is 19.2. The predicted octanol–water partition coefficient (Wildman–Crippen LogP) is 3.68. The van der Waals surface area contributed by atoms with E-state index in [-0.39, 0.29) is 17.3 Å². The number of hydrogen-bond donors (Lipinski definition) is 2. The number of amides is 1. The fourth-order valence-corrected chi connectivity index (χ4v) is 2.36. The third-order valence-corrected chi connectivity index (χ3v) is 3.84. The molecule has 0 atom stereocenters. The van der Waals surface area contributed by atoms with E-state index in [9.17, 15) is 14.0 Å². The molecule has 3 rings (SSSR count). The van der Waals surface area contributed by atoms with E-state index in [4.69, 9.17) is 0 Å². The minimum absolute atomic E-state index is 0.0412. The van der Waals surface area contributed by atoms with Gasteiger partial charge < -0.3 is 10.6 Å². The summed E-state index contributed by atoms with van der Waals surface area (Å²) in [6.45, 7) is 1.92. The molecule has 2 aromatic carbocycles. The molecule has 7 heteroatoms. The lowest BCUT2D eigenvalue weighted by Gasteiger charge is -2.08. The first-order chi connectivity index (χ1) is 13.0. The highest BCUT2D eigenvalue weighted by Gasteiger charge is 2.10. The predicted molar refractivity (Wildman–Crippen MR) is 100 cm³/mol. The fraction of sp³-hybridized carbons (Fsp3) is 0.100. The van der Waals surface area contributed by atoms with E-state index in [2.05, 4.69) is 20.6 Å². The first-order valence-electron chi connectivity index (χ1n) is 8.24. The largest absolute Gasteiger partial charge is 0.366 e. The van der Waals surface area contributed by atoms with E-state index >= 15 is 0 Å². The minimum Gasteiger partial charge on any atom is -0.366 e. The topological polar surface area (TPSA) is 84.0 Å². The molecule has 0 spiro atoms. The lowest BCUT2D eigenvalue weighted by molar-refractivity contribution is 0.101. The van der Waals surface area contributed by atoms with Crippen LogP contribution in [0.5, 0.6) is 0 Å². The number of ketones is 1. The van der Waals surface area contributed by atoms with Crippen LogP contribution in [0.25, 0.3) is 0 Å². The second-order valence-electron chi connectivity index (χ2n) is 5.86. The molecule has 0 radical (unpaired) electrons. The van der Waals surface area contributed by atoms with Gasteiger partial charge in [0.15, 0.2) is 5.78 Å². The maximum atomic E-state index is 12.9. The Kier molecular flexibility index (Phi) is 5.51. The van der Waals surface area contributed by atoms with Crippen LogP contribution in [0, 0.1) is 5.82 Å². The molecule has 0 saturated heterocycles. The van der Waals surface area contributed by atoms with Crippen LogP contribution >= 0.6 is 0 Å². The van der Waals surface area contributed by atoms with Gasteiger partial charge in [0.1, 0.15) is 23.7 Å². The number of nitrogens with zero attached hydrogens (tertiary/aromatic N) is 2. The smallest absolute Gasteiger partial charge is 0.274 e. The molecule has 27 heavy (non-hydrogen) atoms. The van der Waals surface area contributed by atoms with Crippen molar-refractivity contribution >= 4 is 23.2 Å². The Balaban J connectivity index is 1.64. The van der Waals surface area contributed by atoms with Crippen LogP contribution in [0.1, 0.15) is 33.3 Å². The number of hydrogen-bond acceptors (Lipinski definition) is 5. The van der Waals surface area contributed by atoms with Gasteiger partial charge in [0.25, 0.3) is 5.91 Å². The average Bonchev–Trinajstić information content (AvgIpc) is 2.68. The normalized spacial score (nSPS) is 10.3. The third-order valence-electron chi connectivity index (χ3n) is 3.84. The molecule has 0 aliphatic heterocycles. The Morgan fingerprint density at radius 1 is 1.00 bits per heavy atom. The van der Waals surface area contributed by atoms with Crippen LogP contribution in [0.2, 0.25) is 0 Å². The van der Waals surface area contributed by atoms with Crippen LogP contribution < -0.4 is 10.6 Å². The molecular weight excluding hydrogens is 347 g/mol. The third kappa shape index (κ3) is 4.94. The maximum absolute atomic E-state index is 12.9. The van der Waals surface area contributed by atoms with Gasteiger partial charge in [-0.05, 0) is 48.9 Å². The van der Waals surface area contributed by atoms with Gasteiger partial charge in [-0.1, -0.05) is 12.1 Å². The number of anilines is 2. The van der Waals surface area contributed by atoms with Crippen molar-refractivity contribution < 1.29 is 14.0 Å². The molecule has 0 unspecified atom stereocenters. The second kappa shape index (κ2) is 8.18. The van der Waals surface area contributed by atoms with Crippen molar-refractivity contribution in [1.82, 2.24) is 9.97 Å². The van der Waals surface area contributed by atoms with Crippen molar-refractivity contribution in [2.24, 2.45) is 0 Å². The summed E-state index contributed by atoms with van der Waals surface area (Å²) in [5, 5.41) is 5.79. The van der Waals surface area contributed by atoms with Gasteiger partial charge in [-0.3, -0.25) is 9.59 Å². The van der Waals surface area contributed by atoms with Gasteiger partial charge in [-0.2, -0.15) is 0 Å². The van der Waals surface area contributed by atoms with Crippen molar-refractivity contribution in [1.29, 1.82) is 0 Å². The second-order valence-corrected chi connectivity index (χ2v) is 5.86. The first-order valence-corrected chi connectivity index (χ1v) is 8.24. The highest BCUT2D eigenvalue weighted by Crippen LogP contribution is 2.13. The van der Waals surface area contributed by atoms with Crippen molar-refractivity contribution in [3.8, 4) is 0 Å². The van der Waals surface area contributed by atoms with Gasteiger partial charge in [0, 0.05) is 23.9 Å². The van der Waals surface area contributed by atoms with Gasteiger partial charge in [0.2, 0.25) is 0 Å². The summed E-state index contributed by atoms with van der Waals surface area (Å²) in [7, 11) is 0. The van der Waals surface area contributed by atoms with Crippen LogP contribution in [-0.4, -0.2) is 21.7 Å². The van der Waals surface area contributed by atoms with E-state index in [1.54, 1.807) is 36.4 Å². The first kappa shape index (κ1) is 18.2. The Bertz CT molecular complexity index is 956. The van der Waals surface area contributed by atoms with Crippen molar-refractivity contribution in [3.05, 3.63) is 83.6 Å². The summed E-state index contributed by atoms with van der Waals surface area (Å²) in [5.41, 5.74) is 2.21. The van der Waals surface area contributed by atoms with Crippen LogP contribution in [-0.2, 0) is 6.54 Å². The molecule has 1 aromatic heterocycles.